The molecule has 3 nitrogen and oxygen atoms in total. The Morgan fingerprint density at radius 1 is 1.35 bits per heavy atom. The van der Waals surface area contributed by atoms with Crippen molar-refractivity contribution in [3.05, 3.63) is 35.1 Å². The van der Waals surface area contributed by atoms with E-state index in [4.69, 9.17) is 10.5 Å². The predicted molar refractivity (Wildman–Crippen MR) is 77.6 cm³/mol. The normalized spacial score (nSPS) is 16.8. The van der Waals surface area contributed by atoms with Crippen LogP contribution in [0.5, 0.6) is 0 Å². The predicted octanol–water partition coefficient (Wildman–Crippen LogP) is 1.75. The summed E-state index contributed by atoms with van der Waals surface area (Å²) < 4.78 is 18.9. The fraction of sp³-hybridized carbons (Fsp3) is 0.500. The maximum absolute atomic E-state index is 13.6. The van der Waals surface area contributed by atoms with Crippen LogP contribution in [-0.2, 0) is 11.3 Å². The van der Waals surface area contributed by atoms with Gasteiger partial charge in [0.05, 0.1) is 12.6 Å². The second-order valence-electron chi connectivity index (χ2n) is 5.07. The molecule has 4 heteroatoms. The maximum atomic E-state index is 13.6. The van der Waals surface area contributed by atoms with Crippen molar-refractivity contribution in [3.8, 4) is 11.8 Å². The molecular weight excluding hydrogens is 255 g/mol. The number of benzene rings is 1. The molecule has 0 bridgehead atoms. The number of hydrogen-bond acceptors (Lipinski definition) is 3. The summed E-state index contributed by atoms with van der Waals surface area (Å²) in [5.41, 5.74) is 6.99. The average Bonchev–Trinajstić information content (AvgIpc) is 2.45. The molecule has 1 aliphatic rings. The second kappa shape index (κ2) is 7.39. The van der Waals surface area contributed by atoms with E-state index in [0.717, 1.165) is 38.0 Å². The van der Waals surface area contributed by atoms with Crippen LogP contribution in [0.3, 0.4) is 0 Å². The molecule has 0 saturated carbocycles. The first kappa shape index (κ1) is 15.0. The molecule has 1 aromatic rings. The van der Waals surface area contributed by atoms with Crippen molar-refractivity contribution < 1.29 is 9.13 Å². The highest BCUT2D eigenvalue weighted by molar-refractivity contribution is 5.38. The first-order valence-corrected chi connectivity index (χ1v) is 6.95. The summed E-state index contributed by atoms with van der Waals surface area (Å²) in [5.74, 6) is 5.40. The molecule has 1 saturated heterocycles. The van der Waals surface area contributed by atoms with E-state index in [2.05, 4.69) is 16.7 Å². The number of rotatable bonds is 3. The van der Waals surface area contributed by atoms with Gasteiger partial charge in [0.1, 0.15) is 5.82 Å². The third kappa shape index (κ3) is 4.31. The van der Waals surface area contributed by atoms with Crippen molar-refractivity contribution in [1.82, 2.24) is 4.90 Å². The number of hydrogen-bond donors (Lipinski definition) is 1. The Balaban J connectivity index is 2.00. The van der Waals surface area contributed by atoms with Crippen molar-refractivity contribution in [2.24, 2.45) is 5.73 Å². The van der Waals surface area contributed by atoms with E-state index < -0.39 is 0 Å². The molecule has 0 aromatic heterocycles. The lowest BCUT2D eigenvalue weighted by atomic mass is 10.1. The minimum Gasteiger partial charge on any atom is -0.381 e. The van der Waals surface area contributed by atoms with Gasteiger partial charge in [-0.15, -0.1) is 0 Å². The lowest BCUT2D eigenvalue weighted by Gasteiger charge is -2.31. The summed E-state index contributed by atoms with van der Waals surface area (Å²) >= 11 is 0. The fourth-order valence-electron chi connectivity index (χ4n) is 2.53. The number of piperidine rings is 1. The summed E-state index contributed by atoms with van der Waals surface area (Å²) in [6.07, 6.45) is 2.43. The SMILES string of the molecule is COC1CCN(Cc2cc(F)cc(C#CCN)c2)CC1. The molecule has 2 rings (SSSR count). The van der Waals surface area contributed by atoms with Crippen LogP contribution >= 0.6 is 0 Å². The molecule has 1 heterocycles. The first-order valence-electron chi connectivity index (χ1n) is 6.95. The Kier molecular flexibility index (Phi) is 5.54. The van der Waals surface area contributed by atoms with Crippen molar-refractivity contribution in [3.63, 3.8) is 0 Å². The average molecular weight is 276 g/mol. The Bertz CT molecular complexity index is 499. The van der Waals surface area contributed by atoms with Gasteiger partial charge in [-0.3, -0.25) is 4.90 Å². The van der Waals surface area contributed by atoms with Gasteiger partial charge in [-0.25, -0.2) is 4.39 Å². The summed E-state index contributed by atoms with van der Waals surface area (Å²) in [6.45, 7) is 3.01. The summed E-state index contributed by atoms with van der Waals surface area (Å²) in [6, 6.07) is 4.97. The zero-order chi connectivity index (χ0) is 14.4. The monoisotopic (exact) mass is 276 g/mol. The first-order chi connectivity index (χ1) is 9.71. The van der Waals surface area contributed by atoms with Gasteiger partial charge in [-0.2, -0.15) is 0 Å². The minimum absolute atomic E-state index is 0.240. The van der Waals surface area contributed by atoms with Crippen molar-refractivity contribution in [2.45, 2.75) is 25.5 Å². The number of ether oxygens (including phenoxy) is 1. The van der Waals surface area contributed by atoms with Gasteiger partial charge < -0.3 is 10.5 Å². The largest absolute Gasteiger partial charge is 0.381 e. The zero-order valence-electron chi connectivity index (χ0n) is 11.9. The van der Waals surface area contributed by atoms with E-state index in [9.17, 15) is 4.39 Å². The molecule has 0 radical (unpaired) electrons. The molecular formula is C16H21FN2O. The maximum Gasteiger partial charge on any atom is 0.124 e. The molecule has 0 spiro atoms. The Morgan fingerprint density at radius 2 is 2.10 bits per heavy atom. The molecule has 1 aliphatic heterocycles. The van der Waals surface area contributed by atoms with E-state index >= 15 is 0 Å². The highest BCUT2D eigenvalue weighted by Gasteiger charge is 2.18. The molecule has 1 fully saturated rings. The van der Waals surface area contributed by atoms with Crippen LogP contribution in [-0.4, -0.2) is 37.7 Å². The van der Waals surface area contributed by atoms with Crippen molar-refractivity contribution in [1.29, 1.82) is 0 Å². The molecule has 20 heavy (non-hydrogen) atoms. The number of nitrogens with two attached hydrogens (primary N) is 1. The van der Waals surface area contributed by atoms with Crippen LogP contribution in [0.15, 0.2) is 18.2 Å². The molecule has 0 aliphatic carbocycles. The van der Waals surface area contributed by atoms with Gasteiger partial charge in [0, 0.05) is 32.3 Å². The van der Waals surface area contributed by atoms with Crippen LogP contribution < -0.4 is 5.73 Å². The lowest BCUT2D eigenvalue weighted by molar-refractivity contribution is 0.0388. The molecule has 2 N–H and O–H groups in total. The Hall–Kier alpha value is -1.41. The number of nitrogens with zero attached hydrogens (tertiary/aromatic N) is 1. The number of methoxy groups -OCH3 is 1. The van der Waals surface area contributed by atoms with E-state index in [1.54, 1.807) is 13.2 Å². The van der Waals surface area contributed by atoms with E-state index in [1.807, 2.05) is 6.07 Å². The standard InChI is InChI=1S/C16H21FN2O/c1-20-16-4-7-19(8-5-16)12-14-9-13(3-2-6-18)10-15(17)11-14/h9-11,16H,4-8,12,18H2,1H3. The third-order valence-corrected chi connectivity index (χ3v) is 3.57. The Labute approximate surface area is 119 Å². The van der Waals surface area contributed by atoms with Crippen LogP contribution in [0.1, 0.15) is 24.0 Å². The minimum atomic E-state index is -0.240. The van der Waals surface area contributed by atoms with Crippen LogP contribution in [0.25, 0.3) is 0 Å². The third-order valence-electron chi connectivity index (χ3n) is 3.57. The van der Waals surface area contributed by atoms with Gasteiger partial charge in [-0.05, 0) is 36.6 Å². The fourth-order valence-corrected chi connectivity index (χ4v) is 2.53. The van der Waals surface area contributed by atoms with Gasteiger partial charge in [0.2, 0.25) is 0 Å². The van der Waals surface area contributed by atoms with E-state index in [0.29, 0.717) is 11.7 Å². The van der Waals surface area contributed by atoms with E-state index in [1.165, 1.54) is 6.07 Å². The van der Waals surface area contributed by atoms with Gasteiger partial charge >= 0.3 is 0 Å². The Morgan fingerprint density at radius 3 is 2.75 bits per heavy atom. The smallest absolute Gasteiger partial charge is 0.124 e. The molecule has 0 amide bonds. The van der Waals surface area contributed by atoms with Gasteiger partial charge in [0.25, 0.3) is 0 Å². The van der Waals surface area contributed by atoms with Crippen LogP contribution in [0.2, 0.25) is 0 Å². The van der Waals surface area contributed by atoms with Crippen molar-refractivity contribution in [2.75, 3.05) is 26.7 Å². The molecule has 108 valence electrons. The molecule has 0 atom stereocenters. The topological polar surface area (TPSA) is 38.5 Å². The van der Waals surface area contributed by atoms with Crippen LogP contribution in [0, 0.1) is 17.7 Å². The number of halogens is 1. The summed E-state index contributed by atoms with van der Waals surface area (Å²) in [4.78, 5) is 2.32. The van der Waals surface area contributed by atoms with Crippen LogP contribution in [0.4, 0.5) is 4.39 Å². The molecule has 1 aromatic carbocycles. The van der Waals surface area contributed by atoms with Gasteiger partial charge in [0.15, 0.2) is 0 Å². The quantitative estimate of drug-likeness (QED) is 0.855. The summed E-state index contributed by atoms with van der Waals surface area (Å²) in [5, 5.41) is 0. The molecule has 0 unspecified atom stereocenters. The van der Waals surface area contributed by atoms with Gasteiger partial charge in [-0.1, -0.05) is 11.8 Å². The van der Waals surface area contributed by atoms with Crippen molar-refractivity contribution >= 4 is 0 Å². The summed E-state index contributed by atoms with van der Waals surface area (Å²) in [7, 11) is 1.76. The lowest BCUT2D eigenvalue weighted by Crippen LogP contribution is -2.36. The highest BCUT2D eigenvalue weighted by atomic mass is 19.1. The van der Waals surface area contributed by atoms with E-state index in [-0.39, 0.29) is 12.4 Å². The second-order valence-corrected chi connectivity index (χ2v) is 5.07. The highest BCUT2D eigenvalue weighted by Crippen LogP contribution is 2.17. The zero-order valence-corrected chi connectivity index (χ0v) is 11.9. The number of likely N-dealkylation sites (tertiary alicyclic amines) is 1.